The molecule has 4 heteroatoms. The maximum atomic E-state index is 0. The SMILES string of the molecule is N.[Co].[O].[Si]. The van der Waals surface area contributed by atoms with Crippen LogP contribution in [0, 0.1) is 0 Å². The minimum absolute atomic E-state index is 0. The van der Waals surface area contributed by atoms with Gasteiger partial charge in [0.1, 0.15) is 0 Å². The van der Waals surface area contributed by atoms with Crippen molar-refractivity contribution in [3.8, 4) is 0 Å². The van der Waals surface area contributed by atoms with Gasteiger partial charge in [0.05, 0.1) is 0 Å². The Morgan fingerprint density at radius 2 is 1.00 bits per heavy atom. The van der Waals surface area contributed by atoms with Gasteiger partial charge in [0, 0.05) is 33.2 Å². The van der Waals surface area contributed by atoms with E-state index in [9.17, 15) is 0 Å². The second-order valence-corrected chi connectivity index (χ2v) is 0. The van der Waals surface area contributed by atoms with Crippen LogP contribution in [0.1, 0.15) is 0 Å². The van der Waals surface area contributed by atoms with Crippen LogP contribution < -0.4 is 6.15 Å². The maximum absolute atomic E-state index is 0. The van der Waals surface area contributed by atoms with E-state index in [1.165, 1.54) is 0 Å². The molecular formula is H3CoNOSi. The van der Waals surface area contributed by atoms with Gasteiger partial charge >= 0.3 is 0 Å². The second-order valence-electron chi connectivity index (χ2n) is 0. The molecule has 0 aliphatic carbocycles. The normalized spacial score (nSPS) is 0. The number of hydrogen-bond acceptors (Lipinski definition) is 1. The van der Waals surface area contributed by atoms with Crippen LogP contribution >= 0.6 is 0 Å². The maximum Gasteiger partial charge on any atom is 0 e. The fourth-order valence-electron chi connectivity index (χ4n) is 0. The molecule has 2 nitrogen and oxygen atoms in total. The summed E-state index contributed by atoms with van der Waals surface area (Å²) in [5.74, 6) is 0. The van der Waals surface area contributed by atoms with E-state index in [2.05, 4.69) is 0 Å². The molecule has 0 aliphatic rings. The molecule has 0 aromatic rings. The largest absolute Gasteiger partial charge is 0.344 e. The molecule has 0 saturated heterocycles. The molecule has 3 N–H and O–H groups in total. The van der Waals surface area contributed by atoms with E-state index in [-0.39, 0.29) is 39.4 Å². The molecule has 0 spiro atoms. The zero-order valence-corrected chi connectivity index (χ0v) is 3.99. The number of hydrogen-bond donors (Lipinski definition) is 1. The molecule has 4 heavy (non-hydrogen) atoms. The molecule has 27 valence electrons. The topological polar surface area (TPSA) is 63.5 Å². The van der Waals surface area contributed by atoms with E-state index in [1.54, 1.807) is 0 Å². The van der Waals surface area contributed by atoms with Gasteiger partial charge in [0.15, 0.2) is 0 Å². The predicted molar refractivity (Wildman–Crippen MR) is 11.5 cm³/mol. The first-order valence-corrected chi connectivity index (χ1v) is 0. The Kier molecular flexibility index (Phi) is 2290. The fraction of sp³-hybridized carbons (Fsp3) is 0. The van der Waals surface area contributed by atoms with Crippen molar-refractivity contribution >= 4 is 11.0 Å². The summed E-state index contributed by atoms with van der Waals surface area (Å²) >= 11 is 0. The van der Waals surface area contributed by atoms with Gasteiger partial charge in [0.25, 0.3) is 0 Å². The molecule has 0 aliphatic heterocycles. The van der Waals surface area contributed by atoms with Crippen LogP contribution in [0.4, 0.5) is 0 Å². The van der Waals surface area contributed by atoms with Crippen molar-refractivity contribution in [1.29, 1.82) is 0 Å². The molecule has 0 rings (SSSR count). The Labute approximate surface area is 40.1 Å². The molecule has 0 aromatic carbocycles. The van der Waals surface area contributed by atoms with Crippen molar-refractivity contribution in [2.45, 2.75) is 0 Å². The molecule has 0 aromatic heterocycles. The number of rotatable bonds is 0. The molecule has 0 unspecified atom stereocenters. The molecular weight excluding hydrogens is 117 g/mol. The minimum Gasteiger partial charge on any atom is -0.344 e. The Morgan fingerprint density at radius 1 is 1.00 bits per heavy atom. The summed E-state index contributed by atoms with van der Waals surface area (Å²) < 4.78 is 0. The first-order chi connectivity index (χ1) is 0. The summed E-state index contributed by atoms with van der Waals surface area (Å²) in [5.41, 5.74) is 0. The monoisotopic (exact) mass is 120 g/mol. The van der Waals surface area contributed by atoms with Gasteiger partial charge in [-0.05, 0) is 0 Å². The molecule has 0 fully saturated rings. The first-order valence-electron chi connectivity index (χ1n) is 0. The third-order valence-electron chi connectivity index (χ3n) is 0. The van der Waals surface area contributed by atoms with Crippen LogP contribution in [0.15, 0.2) is 0 Å². The average molecular weight is 120 g/mol. The van der Waals surface area contributed by atoms with Crippen LogP contribution in [-0.4, -0.2) is 11.0 Å². The van der Waals surface area contributed by atoms with E-state index in [4.69, 9.17) is 0 Å². The van der Waals surface area contributed by atoms with Crippen LogP contribution in [0.3, 0.4) is 0 Å². The van der Waals surface area contributed by atoms with Crippen molar-refractivity contribution in [2.24, 2.45) is 0 Å². The van der Waals surface area contributed by atoms with E-state index in [0.717, 1.165) is 0 Å². The van der Waals surface area contributed by atoms with Gasteiger partial charge in [-0.15, -0.1) is 0 Å². The smallest absolute Gasteiger partial charge is 0 e. The summed E-state index contributed by atoms with van der Waals surface area (Å²) in [7, 11) is 0. The molecule has 7 radical (unpaired) electrons. The molecule has 0 heterocycles. The van der Waals surface area contributed by atoms with Crippen molar-refractivity contribution in [3.05, 3.63) is 0 Å². The Balaban J connectivity index is 0. The quantitative estimate of drug-likeness (QED) is 0.436. The molecule has 0 amide bonds. The standard InChI is InChI=1S/Co.H3N.O.Si/h;1H3;;. The van der Waals surface area contributed by atoms with E-state index in [1.807, 2.05) is 0 Å². The van der Waals surface area contributed by atoms with Gasteiger partial charge in [-0.25, -0.2) is 0 Å². The predicted octanol–water partition coefficient (Wildman–Crippen LogP) is -0.340. The van der Waals surface area contributed by atoms with Gasteiger partial charge in [-0.3, -0.25) is 0 Å². The summed E-state index contributed by atoms with van der Waals surface area (Å²) in [4.78, 5) is 0. The third kappa shape index (κ3) is 17.2. The first kappa shape index (κ1) is 149. The summed E-state index contributed by atoms with van der Waals surface area (Å²) in [6.07, 6.45) is 0. The fourth-order valence-corrected chi connectivity index (χ4v) is 0. The van der Waals surface area contributed by atoms with Crippen molar-refractivity contribution in [2.75, 3.05) is 0 Å². The average Bonchev–Trinajstić information content (AvgIpc) is 0. The zero-order chi connectivity index (χ0) is 0. The Morgan fingerprint density at radius 3 is 1.00 bits per heavy atom. The van der Waals surface area contributed by atoms with E-state index < -0.39 is 0 Å². The molecule has 0 saturated carbocycles. The third-order valence-corrected chi connectivity index (χ3v) is 0. The van der Waals surface area contributed by atoms with Crippen LogP contribution in [0.5, 0.6) is 0 Å². The van der Waals surface area contributed by atoms with Crippen LogP contribution in [0.2, 0.25) is 0 Å². The Hall–Kier alpha value is 0.643. The van der Waals surface area contributed by atoms with E-state index in [0.29, 0.717) is 0 Å². The van der Waals surface area contributed by atoms with Gasteiger partial charge < -0.3 is 6.15 Å². The van der Waals surface area contributed by atoms with Crippen LogP contribution in [0.25, 0.3) is 0 Å². The van der Waals surface area contributed by atoms with Crippen molar-refractivity contribution in [1.82, 2.24) is 6.15 Å². The zero-order valence-electron chi connectivity index (χ0n) is 1.95. The van der Waals surface area contributed by atoms with Crippen LogP contribution in [-0.2, 0) is 22.3 Å². The van der Waals surface area contributed by atoms with Gasteiger partial charge in [-0.1, -0.05) is 0 Å². The van der Waals surface area contributed by atoms with Crippen molar-refractivity contribution < 1.29 is 22.3 Å². The summed E-state index contributed by atoms with van der Waals surface area (Å²) in [6, 6.07) is 0. The van der Waals surface area contributed by atoms with Gasteiger partial charge in [0.2, 0.25) is 0 Å². The summed E-state index contributed by atoms with van der Waals surface area (Å²) in [5, 5.41) is 0. The molecule has 0 bridgehead atoms. The molecule has 0 atom stereocenters. The Bertz CT molecular complexity index is 8.00. The second kappa shape index (κ2) is 61.5. The van der Waals surface area contributed by atoms with Crippen molar-refractivity contribution in [3.63, 3.8) is 0 Å². The summed E-state index contributed by atoms with van der Waals surface area (Å²) in [6.45, 7) is 0. The minimum atomic E-state index is 0. The van der Waals surface area contributed by atoms with Gasteiger partial charge in [-0.2, -0.15) is 0 Å². The van der Waals surface area contributed by atoms with E-state index >= 15 is 0 Å².